The van der Waals surface area contributed by atoms with E-state index in [9.17, 15) is 4.79 Å². The van der Waals surface area contributed by atoms with Crippen molar-refractivity contribution >= 4 is 5.91 Å². The number of carbonyl (C=O) groups excluding carboxylic acids is 1. The number of hydrogen-bond donors (Lipinski definition) is 2. The molecule has 0 aromatic heterocycles. The van der Waals surface area contributed by atoms with Crippen LogP contribution >= 0.6 is 0 Å². The van der Waals surface area contributed by atoms with Crippen LogP contribution in [0.15, 0.2) is 0 Å². The maximum Gasteiger partial charge on any atom is 0.249 e. The van der Waals surface area contributed by atoms with E-state index in [0.29, 0.717) is 6.04 Å². The van der Waals surface area contributed by atoms with Crippen molar-refractivity contribution < 1.29 is 9.53 Å². The van der Waals surface area contributed by atoms with Crippen LogP contribution in [0.1, 0.15) is 19.3 Å². The first-order valence-corrected chi connectivity index (χ1v) is 4.99. The number of nitrogens with one attached hydrogen (secondary N) is 2. The molecule has 2 aliphatic heterocycles. The summed E-state index contributed by atoms with van der Waals surface area (Å²) in [5.74, 6) is 0.0752. The van der Waals surface area contributed by atoms with Crippen LogP contribution in [-0.4, -0.2) is 37.7 Å². The first-order valence-electron chi connectivity index (χ1n) is 4.99. The molecular formula is C9H16N2O2. The third-order valence-corrected chi connectivity index (χ3v) is 2.63. The van der Waals surface area contributed by atoms with Crippen LogP contribution in [0.3, 0.4) is 0 Å². The molecule has 2 rings (SSSR count). The number of carbonyl (C=O) groups is 1. The Labute approximate surface area is 78.0 Å². The van der Waals surface area contributed by atoms with Crippen LogP contribution in [0.4, 0.5) is 0 Å². The Kier molecular flexibility index (Phi) is 2.80. The number of hydrogen-bond acceptors (Lipinski definition) is 3. The van der Waals surface area contributed by atoms with Crippen molar-refractivity contribution in [2.75, 3.05) is 19.7 Å². The predicted octanol–water partition coefficient (Wildman–Crippen LogP) is -0.357. The summed E-state index contributed by atoms with van der Waals surface area (Å²) in [5, 5.41) is 6.21. The van der Waals surface area contributed by atoms with Crippen LogP contribution < -0.4 is 10.6 Å². The summed E-state index contributed by atoms with van der Waals surface area (Å²) in [6, 6.07) is 0.316. The van der Waals surface area contributed by atoms with Gasteiger partial charge in [-0.05, 0) is 25.8 Å². The van der Waals surface area contributed by atoms with Crippen molar-refractivity contribution in [1.82, 2.24) is 10.6 Å². The van der Waals surface area contributed by atoms with E-state index in [0.717, 1.165) is 39.0 Å². The molecule has 0 unspecified atom stereocenters. The summed E-state index contributed by atoms with van der Waals surface area (Å²) in [5.41, 5.74) is 0. The monoisotopic (exact) mass is 184 g/mol. The molecule has 2 fully saturated rings. The highest BCUT2D eigenvalue weighted by Gasteiger charge is 2.26. The van der Waals surface area contributed by atoms with Gasteiger partial charge in [0.15, 0.2) is 0 Å². The molecule has 0 bridgehead atoms. The average Bonchev–Trinajstić information content (AvgIpc) is 2.74. The molecule has 2 aliphatic rings. The Morgan fingerprint density at radius 2 is 2.38 bits per heavy atom. The van der Waals surface area contributed by atoms with Crippen molar-refractivity contribution in [2.45, 2.75) is 31.4 Å². The fourth-order valence-corrected chi connectivity index (χ4v) is 1.86. The molecule has 0 aromatic rings. The molecule has 0 radical (unpaired) electrons. The third-order valence-electron chi connectivity index (χ3n) is 2.63. The minimum absolute atomic E-state index is 0.0752. The highest BCUT2D eigenvalue weighted by Crippen LogP contribution is 2.12. The topological polar surface area (TPSA) is 50.4 Å². The zero-order valence-corrected chi connectivity index (χ0v) is 7.71. The lowest BCUT2D eigenvalue weighted by molar-refractivity contribution is -0.130. The molecule has 0 spiro atoms. The molecule has 2 heterocycles. The van der Waals surface area contributed by atoms with E-state index < -0.39 is 0 Å². The molecule has 0 aliphatic carbocycles. The number of ether oxygens (including phenoxy) is 1. The van der Waals surface area contributed by atoms with E-state index in [1.807, 2.05) is 0 Å². The van der Waals surface area contributed by atoms with Gasteiger partial charge in [-0.15, -0.1) is 0 Å². The molecule has 4 heteroatoms. The van der Waals surface area contributed by atoms with Gasteiger partial charge in [-0.3, -0.25) is 4.79 Å². The van der Waals surface area contributed by atoms with Gasteiger partial charge < -0.3 is 15.4 Å². The maximum absolute atomic E-state index is 11.5. The highest BCUT2D eigenvalue weighted by atomic mass is 16.5. The first-order chi connectivity index (χ1) is 6.36. The summed E-state index contributed by atoms with van der Waals surface area (Å²) in [4.78, 5) is 11.5. The van der Waals surface area contributed by atoms with Crippen LogP contribution in [0.5, 0.6) is 0 Å². The predicted molar refractivity (Wildman–Crippen MR) is 48.4 cm³/mol. The zero-order valence-electron chi connectivity index (χ0n) is 7.71. The smallest absolute Gasteiger partial charge is 0.249 e. The quantitative estimate of drug-likeness (QED) is 0.616. The maximum atomic E-state index is 11.5. The molecule has 2 atom stereocenters. The molecular weight excluding hydrogens is 168 g/mol. The van der Waals surface area contributed by atoms with Crippen molar-refractivity contribution in [1.29, 1.82) is 0 Å². The van der Waals surface area contributed by atoms with Gasteiger partial charge in [-0.25, -0.2) is 0 Å². The number of amides is 1. The van der Waals surface area contributed by atoms with Gasteiger partial charge in [-0.1, -0.05) is 0 Å². The minimum atomic E-state index is -0.180. The summed E-state index contributed by atoms with van der Waals surface area (Å²) >= 11 is 0. The normalized spacial score (nSPS) is 33.5. The highest BCUT2D eigenvalue weighted by molar-refractivity contribution is 5.81. The molecule has 4 nitrogen and oxygen atoms in total. The van der Waals surface area contributed by atoms with Crippen LogP contribution in [-0.2, 0) is 9.53 Å². The molecule has 2 saturated heterocycles. The lowest BCUT2D eigenvalue weighted by Crippen LogP contribution is -2.42. The fraction of sp³-hybridized carbons (Fsp3) is 0.889. The summed E-state index contributed by atoms with van der Waals surface area (Å²) in [7, 11) is 0. The van der Waals surface area contributed by atoms with Gasteiger partial charge >= 0.3 is 0 Å². The molecule has 2 N–H and O–H groups in total. The van der Waals surface area contributed by atoms with E-state index in [-0.39, 0.29) is 12.0 Å². The molecule has 0 saturated carbocycles. The Morgan fingerprint density at radius 3 is 3.00 bits per heavy atom. The van der Waals surface area contributed by atoms with Crippen molar-refractivity contribution in [3.8, 4) is 0 Å². The van der Waals surface area contributed by atoms with E-state index in [2.05, 4.69) is 10.6 Å². The molecule has 0 aromatic carbocycles. The van der Waals surface area contributed by atoms with E-state index in [1.54, 1.807) is 0 Å². The van der Waals surface area contributed by atoms with E-state index in [4.69, 9.17) is 4.74 Å². The summed E-state index contributed by atoms with van der Waals surface area (Å²) in [6.45, 7) is 2.65. The van der Waals surface area contributed by atoms with Crippen LogP contribution in [0, 0.1) is 0 Å². The zero-order chi connectivity index (χ0) is 9.10. The van der Waals surface area contributed by atoms with Gasteiger partial charge in [0.1, 0.15) is 6.10 Å². The van der Waals surface area contributed by atoms with Crippen molar-refractivity contribution in [2.24, 2.45) is 0 Å². The van der Waals surface area contributed by atoms with E-state index in [1.165, 1.54) is 0 Å². The van der Waals surface area contributed by atoms with Gasteiger partial charge in [-0.2, -0.15) is 0 Å². The SMILES string of the molecule is O=C(N[C@@H]1CCNC1)[C@@H]1CCCO1. The van der Waals surface area contributed by atoms with Crippen LogP contribution in [0.2, 0.25) is 0 Å². The Morgan fingerprint density at radius 1 is 1.46 bits per heavy atom. The Bertz CT molecular complexity index is 184. The van der Waals surface area contributed by atoms with Crippen LogP contribution in [0.25, 0.3) is 0 Å². The van der Waals surface area contributed by atoms with Gasteiger partial charge in [0.05, 0.1) is 0 Å². The summed E-state index contributed by atoms with van der Waals surface area (Å²) in [6.07, 6.45) is 2.76. The Hall–Kier alpha value is -0.610. The minimum Gasteiger partial charge on any atom is -0.368 e. The summed E-state index contributed by atoms with van der Waals surface area (Å²) < 4.78 is 5.29. The van der Waals surface area contributed by atoms with E-state index >= 15 is 0 Å². The van der Waals surface area contributed by atoms with Gasteiger partial charge in [0.2, 0.25) is 5.91 Å². The Balaban J connectivity index is 1.76. The second-order valence-corrected chi connectivity index (χ2v) is 3.70. The average molecular weight is 184 g/mol. The van der Waals surface area contributed by atoms with Gasteiger partial charge in [0.25, 0.3) is 0 Å². The lowest BCUT2D eigenvalue weighted by atomic mass is 10.2. The second kappa shape index (κ2) is 4.07. The fourth-order valence-electron chi connectivity index (χ4n) is 1.86. The van der Waals surface area contributed by atoms with Crippen molar-refractivity contribution in [3.63, 3.8) is 0 Å². The van der Waals surface area contributed by atoms with Crippen molar-refractivity contribution in [3.05, 3.63) is 0 Å². The second-order valence-electron chi connectivity index (χ2n) is 3.70. The molecule has 13 heavy (non-hydrogen) atoms. The first kappa shape index (κ1) is 8.97. The largest absolute Gasteiger partial charge is 0.368 e. The number of rotatable bonds is 2. The van der Waals surface area contributed by atoms with Gasteiger partial charge in [0, 0.05) is 19.2 Å². The molecule has 1 amide bonds. The standard InChI is InChI=1S/C9H16N2O2/c12-9(8-2-1-5-13-8)11-7-3-4-10-6-7/h7-8,10H,1-6H2,(H,11,12)/t7-,8+/m1/s1. The lowest BCUT2D eigenvalue weighted by Gasteiger charge is -2.14. The molecule has 74 valence electrons. The third kappa shape index (κ3) is 2.19.